The highest BCUT2D eigenvalue weighted by Crippen LogP contribution is 2.00. The van der Waals surface area contributed by atoms with Crippen molar-refractivity contribution >= 4 is 5.78 Å². The summed E-state index contributed by atoms with van der Waals surface area (Å²) in [7, 11) is 1.76. The van der Waals surface area contributed by atoms with Gasteiger partial charge in [0.15, 0.2) is 5.78 Å². The average molecular weight is 203 g/mol. The first-order chi connectivity index (χ1) is 7.25. The first-order valence-corrected chi connectivity index (χ1v) is 4.40. The van der Waals surface area contributed by atoms with E-state index in [1.807, 2.05) is 0 Å². The number of aryl methyl sites for hydroxylation is 1. The quantitative estimate of drug-likeness (QED) is 0.658. The fourth-order valence-corrected chi connectivity index (χ4v) is 1.19. The molecule has 0 aromatic carbocycles. The second-order valence-corrected chi connectivity index (χ2v) is 3.08. The molecule has 0 N–H and O–H groups in total. The summed E-state index contributed by atoms with van der Waals surface area (Å²) in [5.41, 5.74) is 1.04. The second kappa shape index (κ2) is 3.95. The molecule has 0 aliphatic heterocycles. The fraction of sp³-hybridized carbons (Fsp3) is 0.222. The number of rotatable bonds is 3. The zero-order valence-electron chi connectivity index (χ0n) is 8.16. The number of Topliss-reactive ketones (excluding diaryl/α,β-unsaturated/α-hetero) is 1. The first-order valence-electron chi connectivity index (χ1n) is 4.40. The number of hydrogen-bond donors (Lipinski definition) is 0. The third kappa shape index (κ3) is 2.22. The lowest BCUT2D eigenvalue weighted by Crippen LogP contribution is -2.06. The molecule has 0 unspecified atom stereocenters. The number of hydrogen-bond acceptors (Lipinski definition) is 5. The number of carbonyl (C=O) groups is 1. The molecule has 0 aliphatic rings. The number of aromatic nitrogens is 5. The van der Waals surface area contributed by atoms with Crippen LogP contribution in [0.2, 0.25) is 0 Å². The van der Waals surface area contributed by atoms with Crippen LogP contribution in [-0.2, 0) is 13.5 Å². The molecule has 2 rings (SSSR count). The standard InChI is InChI=1S/C9H9N5O/c1-14-5-7(12-13-14)4-9(15)8-2-3-10-6-11-8/h2-3,5-6H,4H2,1H3. The highest BCUT2D eigenvalue weighted by atomic mass is 16.1. The van der Waals surface area contributed by atoms with Crippen molar-refractivity contribution in [2.24, 2.45) is 7.05 Å². The Balaban J connectivity index is 2.11. The molecule has 0 saturated heterocycles. The van der Waals surface area contributed by atoms with Gasteiger partial charge >= 0.3 is 0 Å². The molecule has 0 aliphatic carbocycles. The molecular weight excluding hydrogens is 194 g/mol. The van der Waals surface area contributed by atoms with Crippen LogP contribution in [0.3, 0.4) is 0 Å². The Labute approximate surface area is 86.0 Å². The van der Waals surface area contributed by atoms with Gasteiger partial charge in [0.25, 0.3) is 0 Å². The molecular formula is C9H9N5O. The van der Waals surface area contributed by atoms with Crippen molar-refractivity contribution < 1.29 is 4.79 Å². The molecule has 2 aromatic heterocycles. The van der Waals surface area contributed by atoms with E-state index in [4.69, 9.17) is 0 Å². The zero-order valence-corrected chi connectivity index (χ0v) is 8.16. The molecule has 0 bridgehead atoms. The van der Waals surface area contributed by atoms with Gasteiger partial charge in [0.05, 0.1) is 12.1 Å². The third-order valence-electron chi connectivity index (χ3n) is 1.86. The van der Waals surface area contributed by atoms with Crippen LogP contribution in [0.25, 0.3) is 0 Å². The maximum absolute atomic E-state index is 11.7. The van der Waals surface area contributed by atoms with Crippen LogP contribution in [0.5, 0.6) is 0 Å². The smallest absolute Gasteiger partial charge is 0.187 e. The van der Waals surface area contributed by atoms with E-state index in [2.05, 4.69) is 20.3 Å². The van der Waals surface area contributed by atoms with Crippen LogP contribution < -0.4 is 0 Å². The molecule has 76 valence electrons. The normalized spacial score (nSPS) is 10.2. The van der Waals surface area contributed by atoms with Gasteiger partial charge in [0.1, 0.15) is 12.0 Å². The maximum Gasteiger partial charge on any atom is 0.187 e. The van der Waals surface area contributed by atoms with Crippen molar-refractivity contribution in [3.8, 4) is 0 Å². The van der Waals surface area contributed by atoms with Gasteiger partial charge in [-0.1, -0.05) is 5.21 Å². The van der Waals surface area contributed by atoms with Gasteiger partial charge in [-0.15, -0.1) is 5.10 Å². The Hall–Kier alpha value is -2.11. The summed E-state index contributed by atoms with van der Waals surface area (Å²) in [6.45, 7) is 0. The Morgan fingerprint density at radius 1 is 1.53 bits per heavy atom. The fourth-order valence-electron chi connectivity index (χ4n) is 1.19. The van der Waals surface area contributed by atoms with Gasteiger partial charge in [-0.05, 0) is 6.07 Å². The van der Waals surface area contributed by atoms with E-state index in [9.17, 15) is 4.79 Å². The van der Waals surface area contributed by atoms with E-state index < -0.39 is 0 Å². The summed E-state index contributed by atoms with van der Waals surface area (Å²) >= 11 is 0. The van der Waals surface area contributed by atoms with Crippen LogP contribution in [0.1, 0.15) is 16.2 Å². The molecule has 6 heteroatoms. The van der Waals surface area contributed by atoms with Crippen LogP contribution in [0.15, 0.2) is 24.8 Å². The number of ketones is 1. The summed E-state index contributed by atoms with van der Waals surface area (Å²) in [4.78, 5) is 19.3. The largest absolute Gasteiger partial charge is 0.292 e. The van der Waals surface area contributed by atoms with Gasteiger partial charge < -0.3 is 0 Å². The van der Waals surface area contributed by atoms with E-state index >= 15 is 0 Å². The Morgan fingerprint density at radius 3 is 3.00 bits per heavy atom. The van der Waals surface area contributed by atoms with Crippen molar-refractivity contribution in [1.29, 1.82) is 0 Å². The first kappa shape index (κ1) is 9.45. The summed E-state index contributed by atoms with van der Waals surface area (Å²) in [6, 6.07) is 1.58. The minimum Gasteiger partial charge on any atom is -0.292 e. The minimum absolute atomic E-state index is 0.0853. The summed E-state index contributed by atoms with van der Waals surface area (Å²) in [5, 5.41) is 7.58. The molecule has 0 saturated carbocycles. The van der Waals surface area contributed by atoms with Crippen molar-refractivity contribution in [1.82, 2.24) is 25.0 Å². The molecule has 0 amide bonds. The van der Waals surface area contributed by atoms with E-state index in [1.54, 1.807) is 24.0 Å². The van der Waals surface area contributed by atoms with Crippen molar-refractivity contribution in [2.75, 3.05) is 0 Å². The van der Waals surface area contributed by atoms with Gasteiger partial charge in [0, 0.05) is 19.4 Å². The molecule has 2 heterocycles. The molecule has 0 radical (unpaired) electrons. The molecule has 0 atom stereocenters. The van der Waals surface area contributed by atoms with Gasteiger partial charge in [-0.25, -0.2) is 9.97 Å². The Kier molecular flexibility index (Phi) is 2.49. The monoisotopic (exact) mass is 203 g/mol. The lowest BCUT2D eigenvalue weighted by atomic mass is 10.2. The third-order valence-corrected chi connectivity index (χ3v) is 1.86. The van der Waals surface area contributed by atoms with E-state index in [0.717, 1.165) is 0 Å². The number of carbonyl (C=O) groups excluding carboxylic acids is 1. The van der Waals surface area contributed by atoms with Crippen LogP contribution >= 0.6 is 0 Å². The lowest BCUT2D eigenvalue weighted by Gasteiger charge is -1.95. The van der Waals surface area contributed by atoms with Crippen LogP contribution in [0.4, 0.5) is 0 Å². The van der Waals surface area contributed by atoms with Gasteiger partial charge in [-0.3, -0.25) is 9.48 Å². The van der Waals surface area contributed by atoms with E-state index in [-0.39, 0.29) is 12.2 Å². The minimum atomic E-state index is -0.0853. The van der Waals surface area contributed by atoms with Crippen LogP contribution in [0, 0.1) is 0 Å². The van der Waals surface area contributed by atoms with Crippen molar-refractivity contribution in [3.05, 3.63) is 36.2 Å². The molecule has 0 fully saturated rings. The van der Waals surface area contributed by atoms with Crippen LogP contribution in [-0.4, -0.2) is 30.7 Å². The molecule has 6 nitrogen and oxygen atoms in total. The van der Waals surface area contributed by atoms with Gasteiger partial charge in [0.2, 0.25) is 0 Å². The second-order valence-electron chi connectivity index (χ2n) is 3.08. The van der Waals surface area contributed by atoms with Crippen molar-refractivity contribution in [3.63, 3.8) is 0 Å². The highest BCUT2D eigenvalue weighted by molar-refractivity contribution is 5.95. The van der Waals surface area contributed by atoms with E-state index in [0.29, 0.717) is 11.4 Å². The molecule has 15 heavy (non-hydrogen) atoms. The van der Waals surface area contributed by atoms with Crippen molar-refractivity contribution in [2.45, 2.75) is 6.42 Å². The lowest BCUT2D eigenvalue weighted by molar-refractivity contribution is 0.0987. The number of nitrogens with zero attached hydrogens (tertiary/aromatic N) is 5. The summed E-state index contributed by atoms with van der Waals surface area (Å²) in [5.74, 6) is -0.0853. The Morgan fingerprint density at radius 2 is 2.40 bits per heavy atom. The Bertz CT molecular complexity index is 464. The van der Waals surface area contributed by atoms with Gasteiger partial charge in [-0.2, -0.15) is 0 Å². The predicted octanol–water partition coefficient (Wildman–Crippen LogP) is 0.0305. The highest BCUT2D eigenvalue weighted by Gasteiger charge is 2.10. The average Bonchev–Trinajstić information content (AvgIpc) is 2.65. The van der Waals surface area contributed by atoms with E-state index in [1.165, 1.54) is 12.5 Å². The summed E-state index contributed by atoms with van der Waals surface area (Å²) in [6.07, 6.45) is 4.81. The summed E-state index contributed by atoms with van der Waals surface area (Å²) < 4.78 is 1.56. The maximum atomic E-state index is 11.7. The predicted molar refractivity (Wildman–Crippen MR) is 51.1 cm³/mol. The zero-order chi connectivity index (χ0) is 10.7. The molecule has 0 spiro atoms. The topological polar surface area (TPSA) is 73.6 Å². The molecule has 2 aromatic rings. The SMILES string of the molecule is Cn1cc(CC(=O)c2ccncn2)nn1.